The summed E-state index contributed by atoms with van der Waals surface area (Å²) >= 11 is 0. The molecule has 0 atom stereocenters. The summed E-state index contributed by atoms with van der Waals surface area (Å²) in [7, 11) is -3.77. The number of hydrogen-bond donors (Lipinski definition) is 2. The van der Waals surface area contributed by atoms with Crippen LogP contribution in [0.3, 0.4) is 0 Å². The minimum absolute atomic E-state index is 0.0908. The molecule has 1 aliphatic heterocycles. The summed E-state index contributed by atoms with van der Waals surface area (Å²) in [6.07, 6.45) is 0. The van der Waals surface area contributed by atoms with Crippen molar-refractivity contribution in [3.63, 3.8) is 0 Å². The van der Waals surface area contributed by atoms with Gasteiger partial charge in [-0.3, -0.25) is 10.1 Å². The van der Waals surface area contributed by atoms with Crippen LogP contribution in [0.5, 0.6) is 0 Å². The number of urea groups is 1. The number of carbonyl (C=O) groups is 2. The van der Waals surface area contributed by atoms with Gasteiger partial charge in [-0.15, -0.1) is 0 Å². The highest BCUT2D eigenvalue weighted by molar-refractivity contribution is 7.89. The Kier molecular flexibility index (Phi) is 4.32. The second-order valence-electron chi connectivity index (χ2n) is 5.25. The van der Waals surface area contributed by atoms with Crippen LogP contribution in [0.4, 0.5) is 4.79 Å². The first-order valence-electron chi connectivity index (χ1n) is 7.20. The molecule has 1 fully saturated rings. The molecule has 0 radical (unpaired) electrons. The van der Waals surface area contributed by atoms with Gasteiger partial charge in [0, 0.05) is 0 Å². The fourth-order valence-electron chi connectivity index (χ4n) is 2.31. The third-order valence-electron chi connectivity index (χ3n) is 3.59. The minimum atomic E-state index is -3.77. The molecule has 0 aromatic heterocycles. The van der Waals surface area contributed by atoms with Crippen LogP contribution in [-0.4, -0.2) is 38.5 Å². The maximum absolute atomic E-state index is 12.3. The highest BCUT2D eigenvalue weighted by Gasteiger charge is 2.27. The van der Waals surface area contributed by atoms with E-state index in [9.17, 15) is 18.0 Å². The van der Waals surface area contributed by atoms with E-state index in [0.717, 1.165) is 16.0 Å². The van der Waals surface area contributed by atoms with Crippen LogP contribution in [0, 0.1) is 0 Å². The fraction of sp³-hybridized carbons (Fsp3) is 0.125. The molecule has 0 bridgehead atoms. The third-order valence-corrected chi connectivity index (χ3v) is 4.99. The van der Waals surface area contributed by atoms with Crippen LogP contribution in [0.25, 0.3) is 11.1 Å². The van der Waals surface area contributed by atoms with Crippen LogP contribution in [0.1, 0.15) is 0 Å². The van der Waals surface area contributed by atoms with E-state index in [1.54, 1.807) is 12.1 Å². The molecule has 24 heavy (non-hydrogen) atoms. The van der Waals surface area contributed by atoms with Crippen molar-refractivity contribution < 1.29 is 18.0 Å². The minimum Gasteiger partial charge on any atom is -0.301 e. The van der Waals surface area contributed by atoms with Crippen molar-refractivity contribution in [3.05, 3.63) is 54.6 Å². The van der Waals surface area contributed by atoms with Crippen molar-refractivity contribution >= 4 is 22.0 Å². The first-order valence-corrected chi connectivity index (χ1v) is 8.68. The van der Waals surface area contributed by atoms with Crippen LogP contribution < -0.4 is 10.0 Å². The highest BCUT2D eigenvalue weighted by atomic mass is 32.2. The SMILES string of the molecule is O=C1CN(CNS(=O)(=O)c2ccc(-c3ccccc3)cc2)C(=O)N1. The molecule has 0 aliphatic carbocycles. The quantitative estimate of drug-likeness (QED) is 0.795. The van der Waals surface area contributed by atoms with E-state index in [1.807, 2.05) is 30.3 Å². The predicted molar refractivity (Wildman–Crippen MR) is 87.3 cm³/mol. The summed E-state index contributed by atoms with van der Waals surface area (Å²) in [6, 6.07) is 15.4. The first-order chi connectivity index (χ1) is 11.5. The zero-order valence-corrected chi connectivity index (χ0v) is 13.4. The van der Waals surface area contributed by atoms with Crippen molar-refractivity contribution in [1.29, 1.82) is 0 Å². The molecule has 8 heteroatoms. The molecule has 1 saturated heterocycles. The van der Waals surface area contributed by atoms with Gasteiger partial charge in [-0.25, -0.2) is 13.2 Å². The largest absolute Gasteiger partial charge is 0.325 e. The highest BCUT2D eigenvalue weighted by Crippen LogP contribution is 2.20. The molecule has 124 valence electrons. The Morgan fingerprint density at radius 1 is 0.958 bits per heavy atom. The van der Waals surface area contributed by atoms with Gasteiger partial charge in [0.2, 0.25) is 15.9 Å². The van der Waals surface area contributed by atoms with Crippen LogP contribution >= 0.6 is 0 Å². The second kappa shape index (κ2) is 6.42. The van der Waals surface area contributed by atoms with Crippen molar-refractivity contribution in [2.45, 2.75) is 4.90 Å². The Hall–Kier alpha value is -2.71. The standard InChI is InChI=1S/C16H15N3O4S/c20-15-10-19(16(21)18-15)11-17-24(22,23)14-8-6-13(7-9-14)12-4-2-1-3-5-12/h1-9,17H,10-11H2,(H,18,20,21). The number of benzene rings is 2. The zero-order chi connectivity index (χ0) is 17.2. The summed E-state index contributed by atoms with van der Waals surface area (Å²) in [4.78, 5) is 23.7. The van der Waals surface area contributed by atoms with Crippen molar-refractivity contribution in [2.75, 3.05) is 13.2 Å². The lowest BCUT2D eigenvalue weighted by molar-refractivity contribution is -0.118. The Labute approximate surface area is 139 Å². The maximum Gasteiger partial charge on any atom is 0.325 e. The lowest BCUT2D eigenvalue weighted by atomic mass is 10.1. The van der Waals surface area contributed by atoms with Gasteiger partial charge in [-0.05, 0) is 23.3 Å². The normalized spacial score (nSPS) is 14.8. The number of nitrogens with one attached hydrogen (secondary N) is 2. The summed E-state index contributed by atoms with van der Waals surface area (Å²) in [6.45, 7) is -0.422. The average molecular weight is 345 g/mol. The number of amides is 3. The van der Waals surface area contributed by atoms with Crippen LogP contribution in [-0.2, 0) is 14.8 Å². The number of imide groups is 1. The van der Waals surface area contributed by atoms with Gasteiger partial charge in [0.05, 0.1) is 11.6 Å². The molecule has 0 unspecified atom stereocenters. The topological polar surface area (TPSA) is 95.6 Å². The number of rotatable bonds is 5. The van der Waals surface area contributed by atoms with Gasteiger partial charge < -0.3 is 4.90 Å². The Balaban J connectivity index is 1.71. The van der Waals surface area contributed by atoms with Crippen LogP contribution in [0.15, 0.2) is 59.5 Å². The second-order valence-corrected chi connectivity index (χ2v) is 7.01. The summed E-state index contributed by atoms with van der Waals surface area (Å²) in [5, 5.41) is 2.08. The van der Waals surface area contributed by atoms with E-state index in [1.165, 1.54) is 12.1 Å². The molecule has 7 nitrogen and oxygen atoms in total. The Bertz CT molecular complexity index is 864. The van der Waals surface area contributed by atoms with Gasteiger partial charge in [0.1, 0.15) is 6.54 Å². The van der Waals surface area contributed by atoms with E-state index in [4.69, 9.17) is 0 Å². The van der Waals surface area contributed by atoms with Crippen LogP contribution in [0.2, 0.25) is 0 Å². The van der Waals surface area contributed by atoms with E-state index in [-0.39, 0.29) is 18.1 Å². The summed E-state index contributed by atoms with van der Waals surface area (Å²) in [5.74, 6) is -0.452. The number of nitrogens with zero attached hydrogens (tertiary/aromatic N) is 1. The monoisotopic (exact) mass is 345 g/mol. The molecule has 0 saturated carbocycles. The van der Waals surface area contributed by atoms with Gasteiger partial charge >= 0.3 is 6.03 Å². The first kappa shape index (κ1) is 16.2. The zero-order valence-electron chi connectivity index (χ0n) is 12.6. The van der Waals surface area contributed by atoms with E-state index in [2.05, 4.69) is 10.0 Å². The van der Waals surface area contributed by atoms with Gasteiger partial charge in [0.15, 0.2) is 0 Å². The molecule has 2 N–H and O–H groups in total. The number of carbonyl (C=O) groups excluding carboxylic acids is 2. The summed E-state index contributed by atoms with van der Waals surface area (Å²) in [5.41, 5.74) is 1.89. The Morgan fingerprint density at radius 3 is 2.17 bits per heavy atom. The molecule has 2 aromatic rings. The fourth-order valence-corrected chi connectivity index (χ4v) is 3.30. The van der Waals surface area contributed by atoms with Gasteiger partial charge in [-0.2, -0.15) is 4.72 Å². The maximum atomic E-state index is 12.3. The molecular weight excluding hydrogens is 330 g/mol. The molecule has 2 aromatic carbocycles. The molecule has 0 spiro atoms. The van der Waals surface area contributed by atoms with Crippen molar-refractivity contribution in [1.82, 2.24) is 14.9 Å². The summed E-state index contributed by atoms with van der Waals surface area (Å²) < 4.78 is 26.9. The van der Waals surface area contributed by atoms with E-state index >= 15 is 0 Å². The van der Waals surface area contributed by atoms with Crippen molar-refractivity contribution in [2.24, 2.45) is 0 Å². The van der Waals surface area contributed by atoms with E-state index < -0.39 is 22.0 Å². The Morgan fingerprint density at radius 2 is 1.58 bits per heavy atom. The average Bonchev–Trinajstić information content (AvgIpc) is 2.92. The predicted octanol–water partition coefficient (Wildman–Crippen LogP) is 1.14. The van der Waals surface area contributed by atoms with Gasteiger partial charge in [-0.1, -0.05) is 42.5 Å². The number of sulfonamides is 1. The lowest BCUT2D eigenvalue weighted by Crippen LogP contribution is -2.39. The van der Waals surface area contributed by atoms with Gasteiger partial charge in [0.25, 0.3) is 0 Å². The lowest BCUT2D eigenvalue weighted by Gasteiger charge is -2.14. The number of hydrogen-bond acceptors (Lipinski definition) is 4. The third kappa shape index (κ3) is 3.44. The van der Waals surface area contributed by atoms with E-state index in [0.29, 0.717) is 0 Å². The molecular formula is C16H15N3O4S. The van der Waals surface area contributed by atoms with Crippen molar-refractivity contribution in [3.8, 4) is 11.1 Å². The molecule has 3 amide bonds. The molecule has 1 heterocycles. The smallest absolute Gasteiger partial charge is 0.301 e. The molecule has 1 aliphatic rings. The molecule has 3 rings (SSSR count).